The minimum Gasteiger partial charge on any atom is -0.452 e. The fourth-order valence-electron chi connectivity index (χ4n) is 2.77. The van der Waals surface area contributed by atoms with E-state index in [0.717, 1.165) is 5.56 Å². The molecule has 0 bridgehead atoms. The quantitative estimate of drug-likeness (QED) is 0.701. The van der Waals surface area contributed by atoms with Crippen molar-refractivity contribution in [3.63, 3.8) is 0 Å². The second kappa shape index (κ2) is 8.44. The average Bonchev–Trinajstić information content (AvgIpc) is 2.94. The molecule has 0 saturated heterocycles. The van der Waals surface area contributed by atoms with Crippen LogP contribution in [0, 0.1) is 6.92 Å². The van der Waals surface area contributed by atoms with Gasteiger partial charge in [-0.25, -0.2) is 8.42 Å². The molecule has 1 aliphatic rings. The zero-order valence-electron chi connectivity index (χ0n) is 16.0. The Labute approximate surface area is 169 Å². The monoisotopic (exact) mass is 415 g/mol. The predicted molar refractivity (Wildman–Crippen MR) is 108 cm³/mol. The summed E-state index contributed by atoms with van der Waals surface area (Å²) in [5.74, 6) is -0.842. The molecule has 1 heterocycles. The number of carbonyl (C=O) groups is 2. The van der Waals surface area contributed by atoms with Crippen molar-refractivity contribution in [3.05, 3.63) is 59.7 Å². The average molecular weight is 415 g/mol. The SMILES string of the molecule is Cc1ccccc1NC(=O)[C@@H](C)OC(=O)CCN=C1NS(=O)(=O)c2ccccc21. The third-order valence-corrected chi connectivity index (χ3v) is 5.73. The van der Waals surface area contributed by atoms with E-state index >= 15 is 0 Å². The van der Waals surface area contributed by atoms with Gasteiger partial charge < -0.3 is 10.1 Å². The fraction of sp³-hybridized carbons (Fsp3) is 0.250. The van der Waals surface area contributed by atoms with Crippen molar-refractivity contribution >= 4 is 33.4 Å². The Morgan fingerprint density at radius 2 is 1.83 bits per heavy atom. The Morgan fingerprint density at radius 1 is 1.14 bits per heavy atom. The number of para-hydroxylation sites is 1. The van der Waals surface area contributed by atoms with Crippen LogP contribution >= 0.6 is 0 Å². The van der Waals surface area contributed by atoms with Gasteiger partial charge in [0, 0.05) is 11.3 Å². The summed E-state index contributed by atoms with van der Waals surface area (Å²) in [4.78, 5) is 28.5. The maximum atomic E-state index is 12.2. The summed E-state index contributed by atoms with van der Waals surface area (Å²) in [6.45, 7) is 3.37. The van der Waals surface area contributed by atoms with E-state index in [9.17, 15) is 18.0 Å². The van der Waals surface area contributed by atoms with Gasteiger partial charge in [-0.3, -0.25) is 19.3 Å². The van der Waals surface area contributed by atoms with Gasteiger partial charge in [0.25, 0.3) is 15.9 Å². The third kappa shape index (κ3) is 4.80. The Morgan fingerprint density at radius 3 is 2.59 bits per heavy atom. The summed E-state index contributed by atoms with van der Waals surface area (Å²) in [6, 6.07) is 13.7. The summed E-state index contributed by atoms with van der Waals surface area (Å²) in [5.41, 5.74) is 2.01. The molecular weight excluding hydrogens is 394 g/mol. The number of sulfonamides is 1. The van der Waals surface area contributed by atoms with E-state index in [1.54, 1.807) is 30.3 Å². The molecule has 3 rings (SSSR count). The minimum atomic E-state index is -3.62. The van der Waals surface area contributed by atoms with Gasteiger partial charge in [-0.15, -0.1) is 0 Å². The molecule has 0 spiro atoms. The molecule has 2 aromatic rings. The second-order valence-corrected chi connectivity index (χ2v) is 8.17. The molecule has 1 aliphatic heterocycles. The highest BCUT2D eigenvalue weighted by atomic mass is 32.2. The van der Waals surface area contributed by atoms with Crippen LogP contribution in [0.2, 0.25) is 0 Å². The van der Waals surface area contributed by atoms with Crippen LogP contribution in [0.3, 0.4) is 0 Å². The number of fused-ring (bicyclic) bond motifs is 1. The number of carbonyl (C=O) groups excluding carboxylic acids is 2. The molecule has 9 heteroatoms. The first kappa shape index (κ1) is 20.5. The number of esters is 1. The predicted octanol–water partition coefficient (Wildman–Crippen LogP) is 1.99. The lowest BCUT2D eigenvalue weighted by atomic mass is 10.2. The Balaban J connectivity index is 1.53. The number of hydrogen-bond donors (Lipinski definition) is 2. The highest BCUT2D eigenvalue weighted by molar-refractivity contribution is 7.90. The van der Waals surface area contributed by atoms with Crippen molar-refractivity contribution in [1.82, 2.24) is 4.72 Å². The van der Waals surface area contributed by atoms with Crippen LogP contribution in [-0.4, -0.2) is 38.8 Å². The first-order chi connectivity index (χ1) is 13.8. The van der Waals surface area contributed by atoms with Crippen LogP contribution in [0.25, 0.3) is 0 Å². The molecule has 0 saturated carbocycles. The van der Waals surface area contributed by atoms with Crippen LogP contribution < -0.4 is 10.0 Å². The van der Waals surface area contributed by atoms with Gasteiger partial charge in [0.05, 0.1) is 17.9 Å². The normalized spacial score (nSPS) is 16.6. The van der Waals surface area contributed by atoms with Crippen molar-refractivity contribution in [3.8, 4) is 0 Å². The first-order valence-corrected chi connectivity index (χ1v) is 10.5. The van der Waals surface area contributed by atoms with Crippen molar-refractivity contribution in [2.75, 3.05) is 11.9 Å². The molecule has 29 heavy (non-hydrogen) atoms. The minimum absolute atomic E-state index is 0.0250. The lowest BCUT2D eigenvalue weighted by molar-refractivity contribution is -0.152. The van der Waals surface area contributed by atoms with E-state index in [4.69, 9.17) is 4.74 Å². The maximum absolute atomic E-state index is 12.2. The Kier molecular flexibility index (Phi) is 5.97. The topological polar surface area (TPSA) is 114 Å². The van der Waals surface area contributed by atoms with E-state index in [1.165, 1.54) is 13.0 Å². The number of aliphatic imine (C=N–C) groups is 1. The number of amides is 1. The second-order valence-electron chi connectivity index (χ2n) is 6.52. The van der Waals surface area contributed by atoms with Gasteiger partial charge in [-0.2, -0.15) is 0 Å². The molecule has 0 radical (unpaired) electrons. The van der Waals surface area contributed by atoms with Gasteiger partial charge in [0.1, 0.15) is 5.84 Å². The van der Waals surface area contributed by atoms with Gasteiger partial charge in [0.2, 0.25) is 0 Å². The van der Waals surface area contributed by atoms with Crippen LogP contribution in [0.4, 0.5) is 5.69 Å². The lowest BCUT2D eigenvalue weighted by Gasteiger charge is -2.14. The van der Waals surface area contributed by atoms with E-state index < -0.39 is 28.0 Å². The molecule has 2 N–H and O–H groups in total. The number of anilines is 1. The fourth-order valence-corrected chi connectivity index (χ4v) is 4.02. The standard InChI is InChI=1S/C20H21N3O5S/c1-13-7-3-5-9-16(13)22-20(25)14(2)28-18(24)11-12-21-19-15-8-4-6-10-17(15)29(26,27)23-19/h3-10,14H,11-12H2,1-2H3,(H,21,23)(H,22,25)/t14-/m1/s1. The maximum Gasteiger partial charge on any atom is 0.308 e. The number of ether oxygens (including phenoxy) is 1. The largest absolute Gasteiger partial charge is 0.452 e. The van der Waals surface area contributed by atoms with E-state index in [2.05, 4.69) is 15.0 Å². The molecule has 152 valence electrons. The van der Waals surface area contributed by atoms with E-state index in [-0.39, 0.29) is 23.7 Å². The zero-order valence-corrected chi connectivity index (χ0v) is 16.8. The number of aryl methyl sites for hydroxylation is 1. The Hall–Kier alpha value is -3.20. The number of hydrogen-bond acceptors (Lipinski definition) is 6. The van der Waals surface area contributed by atoms with E-state index in [1.807, 2.05) is 19.1 Å². The summed E-state index contributed by atoms with van der Waals surface area (Å²) in [7, 11) is -3.62. The molecule has 0 aromatic heterocycles. The van der Waals surface area contributed by atoms with Crippen molar-refractivity contribution in [2.24, 2.45) is 4.99 Å². The number of amidine groups is 1. The summed E-state index contributed by atoms with van der Waals surface area (Å²) in [6.07, 6.45) is -1.06. The van der Waals surface area contributed by atoms with Crippen LogP contribution in [0.15, 0.2) is 58.4 Å². The van der Waals surface area contributed by atoms with Crippen LogP contribution in [-0.2, 0) is 24.3 Å². The van der Waals surface area contributed by atoms with Gasteiger partial charge in [0.15, 0.2) is 6.10 Å². The van der Waals surface area contributed by atoms with Crippen molar-refractivity contribution < 1.29 is 22.7 Å². The highest BCUT2D eigenvalue weighted by Gasteiger charge is 2.30. The zero-order chi connectivity index (χ0) is 21.0. The summed E-state index contributed by atoms with van der Waals surface area (Å²) >= 11 is 0. The first-order valence-electron chi connectivity index (χ1n) is 9.00. The summed E-state index contributed by atoms with van der Waals surface area (Å²) < 4.78 is 31.6. The molecule has 8 nitrogen and oxygen atoms in total. The lowest BCUT2D eigenvalue weighted by Crippen LogP contribution is -2.30. The highest BCUT2D eigenvalue weighted by Crippen LogP contribution is 2.22. The van der Waals surface area contributed by atoms with Crippen molar-refractivity contribution in [1.29, 1.82) is 0 Å². The van der Waals surface area contributed by atoms with E-state index in [0.29, 0.717) is 11.3 Å². The molecule has 1 atom stereocenters. The molecule has 1 amide bonds. The molecule has 0 fully saturated rings. The number of nitrogens with one attached hydrogen (secondary N) is 2. The molecule has 2 aromatic carbocycles. The van der Waals surface area contributed by atoms with Crippen LogP contribution in [0.1, 0.15) is 24.5 Å². The smallest absolute Gasteiger partial charge is 0.308 e. The van der Waals surface area contributed by atoms with Gasteiger partial charge in [-0.05, 0) is 37.6 Å². The summed E-state index contributed by atoms with van der Waals surface area (Å²) in [5, 5.41) is 2.72. The van der Waals surface area contributed by atoms with Gasteiger partial charge >= 0.3 is 5.97 Å². The Bertz CT molecular complexity index is 1080. The molecule has 0 aliphatic carbocycles. The molecule has 0 unspecified atom stereocenters. The number of benzene rings is 2. The molecular formula is C20H21N3O5S. The third-order valence-electron chi connectivity index (χ3n) is 4.33. The van der Waals surface area contributed by atoms with Crippen LogP contribution in [0.5, 0.6) is 0 Å². The number of rotatable bonds is 6. The number of nitrogens with zero attached hydrogens (tertiary/aromatic N) is 1. The van der Waals surface area contributed by atoms with Gasteiger partial charge in [-0.1, -0.05) is 30.3 Å². The van der Waals surface area contributed by atoms with Crippen molar-refractivity contribution in [2.45, 2.75) is 31.3 Å².